The van der Waals surface area contributed by atoms with Gasteiger partial charge in [0.05, 0.1) is 41.1 Å². The molecule has 9 rings (SSSR count). The maximum absolute atomic E-state index is 10.2. The molecule has 0 bridgehead atoms. The van der Waals surface area contributed by atoms with Crippen molar-refractivity contribution in [3.8, 4) is 44.5 Å². The Bertz CT molecular complexity index is 4220. The summed E-state index contributed by atoms with van der Waals surface area (Å²) in [5, 5.41) is -6.42. The van der Waals surface area contributed by atoms with Crippen molar-refractivity contribution in [3.63, 3.8) is 0 Å². The van der Waals surface area contributed by atoms with Crippen molar-refractivity contribution in [1.82, 2.24) is 0 Å². The number of hydrogen-bond donors (Lipinski definition) is 0. The fraction of sp³-hybridized carbons (Fsp3) is 0. The van der Waals surface area contributed by atoms with Crippen LogP contribution in [0.5, 0.6) is 0 Å². The lowest BCUT2D eigenvalue weighted by Crippen LogP contribution is -1.93. The van der Waals surface area contributed by atoms with Crippen LogP contribution >= 0.6 is 0 Å². The van der Waals surface area contributed by atoms with Crippen LogP contribution in [0.2, 0.25) is 0 Å². The van der Waals surface area contributed by atoms with Crippen LogP contribution in [0.4, 0.5) is 0 Å². The van der Waals surface area contributed by atoms with Crippen molar-refractivity contribution in [3.05, 3.63) is 181 Å². The number of rotatable bonds is 4. The SMILES string of the molecule is [2H]c1c([2H])c([2H])c(-c2c([2H])c([2H])c(-c3c4c([2H])c([2H])c([2H])c([2H])c4c(-c4c([2H])c([2H])c([2H])c([2H])c4[2H])c4c([2H])c([2H])c(-c5c([2H])c([2H])c6c([2H])c([2H])c([2H])c([2H])c6c5[2H])c([2H])c34)c3c([2H])c([2H])c([2H])c([2H])c23)c([2H])c1[2H]. The first-order valence-corrected chi connectivity index (χ1v) is 13.5. The zero-order valence-electron chi connectivity index (χ0n) is 53.0. The highest BCUT2D eigenvalue weighted by Crippen LogP contribution is 2.47. The molecule has 0 aliphatic heterocycles. The molecule has 0 unspecified atom stereocenters. The number of benzene rings is 9. The maximum atomic E-state index is 10.2. The molecule has 0 heterocycles. The summed E-state index contributed by atoms with van der Waals surface area (Å²) in [6, 6.07) is -30.6. The Morgan fingerprint density at radius 1 is 0.261 bits per heavy atom. The second kappa shape index (κ2) is 10.9. The van der Waals surface area contributed by atoms with E-state index in [1.165, 1.54) is 0 Å². The summed E-state index contributed by atoms with van der Waals surface area (Å²) in [6.07, 6.45) is 0. The summed E-state index contributed by atoms with van der Waals surface area (Å²) < 4.78 is 271. The van der Waals surface area contributed by atoms with Crippen LogP contribution < -0.4 is 0 Å². The molecular weight excluding hydrogens is 553 g/mol. The van der Waals surface area contributed by atoms with E-state index < -0.39 is 269 Å². The van der Waals surface area contributed by atoms with Crippen molar-refractivity contribution < 1.29 is 41.1 Å². The fourth-order valence-corrected chi connectivity index (χ4v) is 5.31. The highest BCUT2D eigenvalue weighted by Gasteiger charge is 2.19. The highest BCUT2D eigenvalue weighted by atomic mass is 14.2. The second-order valence-electron chi connectivity index (χ2n) is 9.75. The predicted octanol–water partition coefficient (Wildman–Crippen LogP) is 13.0. The van der Waals surface area contributed by atoms with Gasteiger partial charge in [-0.25, -0.2) is 0 Å². The van der Waals surface area contributed by atoms with Gasteiger partial charge in [-0.05, 0) is 99.7 Å². The minimum absolute atomic E-state index is 0.623. The number of fused-ring (bicyclic) bond motifs is 4. The largest absolute Gasteiger partial charge is 0.0636 e. The minimum Gasteiger partial charge on any atom is -0.0622 e. The summed E-state index contributed by atoms with van der Waals surface area (Å²) in [6.45, 7) is 0. The molecule has 0 aliphatic carbocycles. The lowest BCUT2D eigenvalue weighted by Gasteiger charge is -2.20. The third-order valence-electron chi connectivity index (χ3n) is 7.25. The lowest BCUT2D eigenvalue weighted by molar-refractivity contribution is 1.63. The van der Waals surface area contributed by atoms with Crippen LogP contribution in [0.1, 0.15) is 41.1 Å². The fourth-order valence-electron chi connectivity index (χ4n) is 5.31. The zero-order valence-corrected chi connectivity index (χ0v) is 23.0. The summed E-state index contributed by atoms with van der Waals surface area (Å²) in [5.74, 6) is 0. The summed E-state index contributed by atoms with van der Waals surface area (Å²) >= 11 is 0. The zero-order chi connectivity index (χ0) is 56.6. The Balaban J connectivity index is 1.72. The molecule has 0 saturated heterocycles. The van der Waals surface area contributed by atoms with Crippen molar-refractivity contribution in [2.75, 3.05) is 0 Å². The quantitative estimate of drug-likeness (QED) is 0.173. The van der Waals surface area contributed by atoms with Gasteiger partial charge in [0.2, 0.25) is 0 Å². The molecular formula is C46H30. The molecule has 0 aliphatic rings. The van der Waals surface area contributed by atoms with Crippen molar-refractivity contribution in [2.24, 2.45) is 0 Å². The van der Waals surface area contributed by atoms with Crippen molar-refractivity contribution in [1.29, 1.82) is 0 Å². The molecule has 9 aromatic rings. The molecule has 0 amide bonds. The Hall–Kier alpha value is -5.98. The molecule has 0 radical (unpaired) electrons. The first-order chi connectivity index (χ1) is 35.3. The van der Waals surface area contributed by atoms with Crippen molar-refractivity contribution in [2.45, 2.75) is 0 Å². The maximum Gasteiger partial charge on any atom is 0.0636 e. The van der Waals surface area contributed by atoms with Gasteiger partial charge in [-0.1, -0.05) is 169 Å². The van der Waals surface area contributed by atoms with Gasteiger partial charge in [0.15, 0.2) is 0 Å². The van der Waals surface area contributed by atoms with Crippen LogP contribution in [0.15, 0.2) is 181 Å². The summed E-state index contributed by atoms with van der Waals surface area (Å²) in [4.78, 5) is 0. The highest BCUT2D eigenvalue weighted by molar-refractivity contribution is 6.24. The van der Waals surface area contributed by atoms with E-state index in [1.807, 2.05) is 0 Å². The normalized spacial score (nSPS) is 20.6. The average Bonchev–Trinajstić information content (AvgIpc) is 3.39. The van der Waals surface area contributed by atoms with Crippen LogP contribution in [0.3, 0.4) is 0 Å². The molecule has 0 heteroatoms. The van der Waals surface area contributed by atoms with E-state index in [1.54, 1.807) is 0 Å². The predicted molar refractivity (Wildman–Crippen MR) is 198 cm³/mol. The van der Waals surface area contributed by atoms with Crippen LogP contribution in [0.25, 0.3) is 87.6 Å². The third kappa shape index (κ3) is 4.30. The van der Waals surface area contributed by atoms with E-state index in [9.17, 15) is 15.1 Å². The molecule has 0 N–H and O–H groups in total. The van der Waals surface area contributed by atoms with Gasteiger partial charge >= 0.3 is 0 Å². The van der Waals surface area contributed by atoms with E-state index in [-0.39, 0.29) is 0 Å². The van der Waals surface area contributed by atoms with E-state index in [0.717, 1.165) is 0 Å². The van der Waals surface area contributed by atoms with Crippen LogP contribution in [-0.2, 0) is 0 Å². The van der Waals surface area contributed by atoms with E-state index in [2.05, 4.69) is 0 Å². The van der Waals surface area contributed by atoms with E-state index in [4.69, 9.17) is 26.0 Å². The Morgan fingerprint density at radius 2 is 0.761 bits per heavy atom. The monoisotopic (exact) mass is 612 g/mol. The molecule has 9 aromatic carbocycles. The molecule has 0 aromatic heterocycles. The molecule has 0 spiro atoms. The topological polar surface area (TPSA) is 0 Å². The summed E-state index contributed by atoms with van der Waals surface area (Å²) in [7, 11) is 0. The molecule has 0 fully saturated rings. The second-order valence-corrected chi connectivity index (χ2v) is 9.75. The van der Waals surface area contributed by atoms with Gasteiger partial charge < -0.3 is 0 Å². The Morgan fingerprint density at radius 3 is 1.50 bits per heavy atom. The third-order valence-corrected chi connectivity index (χ3v) is 7.25. The van der Waals surface area contributed by atoms with Gasteiger partial charge in [-0.2, -0.15) is 0 Å². The molecule has 0 saturated carbocycles. The van der Waals surface area contributed by atoms with Gasteiger partial charge in [0.25, 0.3) is 0 Å². The van der Waals surface area contributed by atoms with E-state index >= 15 is 0 Å². The smallest absolute Gasteiger partial charge is 0.0622 e. The van der Waals surface area contributed by atoms with Gasteiger partial charge in [-0.3, -0.25) is 0 Å². The molecule has 214 valence electrons. The van der Waals surface area contributed by atoms with Crippen molar-refractivity contribution >= 4 is 43.1 Å². The standard InChI is InChI=1S/C46H30/c1-3-14-32(15-4-1)37-27-28-42(39-20-10-9-19-38(37)39)46-41-22-12-11-21-40(41)45(33-16-5-2-6-17-33)43-26-25-36(30-44(43)46)35-24-23-31-13-7-8-18-34(31)29-35/h1-30H/i1D,2D,3D,4D,5D,6D,7D,8D,9D,10D,11D,12D,13D,14D,15D,16D,17D,18D,19D,20D,21D,22D,23D,24D,25D,26D,27D,28D,29D,30D. The van der Waals surface area contributed by atoms with E-state index in [0.29, 0.717) is 0 Å². The van der Waals surface area contributed by atoms with Gasteiger partial charge in [-0.15, -0.1) is 0 Å². The molecule has 0 atom stereocenters. The summed E-state index contributed by atoms with van der Waals surface area (Å²) in [5.41, 5.74) is -6.98. The van der Waals surface area contributed by atoms with Gasteiger partial charge in [0, 0.05) is 0 Å². The van der Waals surface area contributed by atoms with Crippen LogP contribution in [0, 0.1) is 0 Å². The first-order valence-electron chi connectivity index (χ1n) is 28.5. The average molecular weight is 613 g/mol. The first kappa shape index (κ1) is 10.0. The molecule has 46 heavy (non-hydrogen) atoms. The lowest BCUT2D eigenvalue weighted by atomic mass is 9.83. The molecule has 0 nitrogen and oxygen atoms in total. The number of hydrogen-bond acceptors (Lipinski definition) is 0. The van der Waals surface area contributed by atoms with Gasteiger partial charge in [0.1, 0.15) is 0 Å². The Kier molecular flexibility index (Phi) is 2.37. The minimum atomic E-state index is -1.18. The Labute approximate surface area is 311 Å². The van der Waals surface area contributed by atoms with Crippen LogP contribution in [-0.4, -0.2) is 0 Å².